The molecule has 1 aliphatic heterocycles. The second-order valence-electron chi connectivity index (χ2n) is 5.46. The van der Waals surface area contributed by atoms with Crippen LogP contribution in [0.3, 0.4) is 0 Å². The second kappa shape index (κ2) is 5.60. The molecule has 21 heavy (non-hydrogen) atoms. The predicted octanol–water partition coefficient (Wildman–Crippen LogP) is 2.72. The summed E-state index contributed by atoms with van der Waals surface area (Å²) in [5.41, 5.74) is 2.01. The van der Waals surface area contributed by atoms with Crippen molar-refractivity contribution in [2.75, 3.05) is 16.8 Å². The first-order chi connectivity index (χ1) is 10.1. The van der Waals surface area contributed by atoms with Crippen LogP contribution in [-0.2, 0) is 11.8 Å². The summed E-state index contributed by atoms with van der Waals surface area (Å²) in [6, 6.07) is 8.15. The summed E-state index contributed by atoms with van der Waals surface area (Å²) in [7, 11) is 1.99. The molecular weight excluding hydrogens is 264 g/mol. The fourth-order valence-corrected chi connectivity index (χ4v) is 2.77. The van der Waals surface area contributed by atoms with Crippen molar-refractivity contribution in [3.8, 4) is 0 Å². The summed E-state index contributed by atoms with van der Waals surface area (Å²) in [5.74, 6) is 1.21. The van der Waals surface area contributed by atoms with Crippen molar-refractivity contribution in [1.82, 2.24) is 9.55 Å². The van der Waals surface area contributed by atoms with Crippen LogP contribution < -0.4 is 10.2 Å². The zero-order valence-corrected chi connectivity index (χ0v) is 12.4. The third-order valence-corrected chi connectivity index (χ3v) is 3.88. The number of nitrogens with one attached hydrogen (secondary N) is 1. The molecule has 1 unspecified atom stereocenters. The minimum Gasteiger partial charge on any atom is -0.375 e. The van der Waals surface area contributed by atoms with E-state index in [0.29, 0.717) is 6.42 Å². The van der Waals surface area contributed by atoms with E-state index >= 15 is 0 Å². The van der Waals surface area contributed by atoms with Crippen LogP contribution in [0.5, 0.6) is 0 Å². The maximum absolute atomic E-state index is 11.7. The van der Waals surface area contributed by atoms with E-state index in [0.717, 1.165) is 30.2 Å². The molecule has 110 valence electrons. The number of anilines is 2. The van der Waals surface area contributed by atoms with Crippen molar-refractivity contribution >= 4 is 17.3 Å². The molecule has 1 atom stereocenters. The van der Waals surface area contributed by atoms with Gasteiger partial charge in [0.25, 0.3) is 0 Å². The van der Waals surface area contributed by atoms with Gasteiger partial charge in [-0.2, -0.15) is 0 Å². The van der Waals surface area contributed by atoms with Crippen LogP contribution in [0.25, 0.3) is 0 Å². The number of nitrogens with zero attached hydrogens (tertiary/aromatic N) is 3. The topological polar surface area (TPSA) is 50.2 Å². The Kier molecular flexibility index (Phi) is 3.64. The number of hydrogen-bond donors (Lipinski definition) is 1. The second-order valence-corrected chi connectivity index (χ2v) is 5.46. The molecule has 0 bridgehead atoms. The van der Waals surface area contributed by atoms with E-state index in [-0.39, 0.29) is 11.9 Å². The van der Waals surface area contributed by atoms with Crippen LogP contribution in [0.15, 0.2) is 36.7 Å². The van der Waals surface area contributed by atoms with Crippen LogP contribution >= 0.6 is 0 Å². The number of carbonyl (C=O) groups is 1. The van der Waals surface area contributed by atoms with Crippen LogP contribution in [0.1, 0.15) is 31.6 Å². The van der Waals surface area contributed by atoms with Crippen molar-refractivity contribution < 1.29 is 4.79 Å². The van der Waals surface area contributed by atoms with E-state index in [2.05, 4.69) is 17.2 Å². The van der Waals surface area contributed by atoms with Gasteiger partial charge in [-0.1, -0.05) is 0 Å². The third kappa shape index (κ3) is 2.77. The van der Waals surface area contributed by atoms with Gasteiger partial charge in [-0.05, 0) is 37.6 Å². The fourth-order valence-electron chi connectivity index (χ4n) is 2.77. The molecule has 1 aromatic heterocycles. The lowest BCUT2D eigenvalue weighted by Gasteiger charge is -2.18. The molecule has 0 spiro atoms. The molecule has 0 saturated carbocycles. The number of imidazole rings is 1. The summed E-state index contributed by atoms with van der Waals surface area (Å²) in [6.45, 7) is 2.91. The SMILES string of the molecule is CC(Nc1ccc(N2CCCC2=O)cc1)c1nccn1C. The minimum absolute atomic E-state index is 0.129. The lowest BCUT2D eigenvalue weighted by molar-refractivity contribution is -0.117. The predicted molar refractivity (Wildman–Crippen MR) is 83.3 cm³/mol. The van der Waals surface area contributed by atoms with E-state index in [1.165, 1.54) is 0 Å². The number of rotatable bonds is 4. The Morgan fingerprint density at radius 3 is 2.62 bits per heavy atom. The van der Waals surface area contributed by atoms with Crippen molar-refractivity contribution in [2.45, 2.75) is 25.8 Å². The highest BCUT2D eigenvalue weighted by Crippen LogP contribution is 2.24. The number of benzene rings is 1. The van der Waals surface area contributed by atoms with Gasteiger partial charge in [-0.15, -0.1) is 0 Å². The molecule has 0 aliphatic carbocycles. The van der Waals surface area contributed by atoms with Gasteiger partial charge in [0.05, 0.1) is 6.04 Å². The molecule has 5 nitrogen and oxygen atoms in total. The van der Waals surface area contributed by atoms with Crippen LogP contribution in [0.4, 0.5) is 11.4 Å². The van der Waals surface area contributed by atoms with Gasteiger partial charge in [0, 0.05) is 43.8 Å². The molecule has 3 rings (SSSR count). The third-order valence-electron chi connectivity index (χ3n) is 3.88. The van der Waals surface area contributed by atoms with Gasteiger partial charge in [0.15, 0.2) is 0 Å². The van der Waals surface area contributed by atoms with Crippen LogP contribution in [0.2, 0.25) is 0 Å². The number of aromatic nitrogens is 2. The standard InChI is InChI=1S/C16H20N4O/c1-12(16-17-9-11-19(16)2)18-13-5-7-14(8-6-13)20-10-3-4-15(20)21/h5-9,11-12,18H,3-4,10H2,1-2H3. The van der Waals surface area contributed by atoms with Gasteiger partial charge in [-0.3, -0.25) is 4.79 Å². The van der Waals surface area contributed by atoms with E-state index in [9.17, 15) is 4.79 Å². The van der Waals surface area contributed by atoms with Crippen molar-refractivity contribution in [3.63, 3.8) is 0 Å². The fraction of sp³-hybridized carbons (Fsp3) is 0.375. The summed E-state index contributed by atoms with van der Waals surface area (Å²) in [6.07, 6.45) is 5.36. The molecule has 1 fully saturated rings. The van der Waals surface area contributed by atoms with E-state index < -0.39 is 0 Å². The summed E-state index contributed by atoms with van der Waals surface area (Å²) < 4.78 is 2.01. The highest BCUT2D eigenvalue weighted by Gasteiger charge is 2.21. The van der Waals surface area contributed by atoms with Gasteiger partial charge in [-0.25, -0.2) is 4.98 Å². The number of aryl methyl sites for hydroxylation is 1. The molecular formula is C16H20N4O. The molecule has 5 heteroatoms. The average molecular weight is 284 g/mol. The highest BCUT2D eigenvalue weighted by molar-refractivity contribution is 5.95. The Balaban J connectivity index is 1.70. The Morgan fingerprint density at radius 1 is 1.29 bits per heavy atom. The average Bonchev–Trinajstić information content (AvgIpc) is 3.08. The Bertz CT molecular complexity index is 632. The number of amides is 1. The van der Waals surface area contributed by atoms with Crippen LogP contribution in [0, 0.1) is 0 Å². The zero-order valence-electron chi connectivity index (χ0n) is 12.4. The Labute approximate surface area is 124 Å². The van der Waals surface area contributed by atoms with Crippen molar-refractivity contribution in [2.24, 2.45) is 7.05 Å². The van der Waals surface area contributed by atoms with Crippen molar-refractivity contribution in [3.05, 3.63) is 42.5 Å². The first-order valence-electron chi connectivity index (χ1n) is 7.29. The van der Waals surface area contributed by atoms with E-state index in [1.807, 2.05) is 47.0 Å². The summed E-state index contributed by atoms with van der Waals surface area (Å²) in [4.78, 5) is 17.9. The van der Waals surface area contributed by atoms with Crippen LogP contribution in [-0.4, -0.2) is 22.0 Å². The molecule has 1 amide bonds. The molecule has 1 saturated heterocycles. The molecule has 1 N–H and O–H groups in total. The van der Waals surface area contributed by atoms with Gasteiger partial charge >= 0.3 is 0 Å². The lowest BCUT2D eigenvalue weighted by atomic mass is 10.2. The van der Waals surface area contributed by atoms with Gasteiger partial charge in [0.2, 0.25) is 5.91 Å². The molecule has 2 heterocycles. The lowest BCUT2D eigenvalue weighted by Crippen LogP contribution is -2.23. The first kappa shape index (κ1) is 13.7. The zero-order chi connectivity index (χ0) is 14.8. The smallest absolute Gasteiger partial charge is 0.227 e. The first-order valence-corrected chi connectivity index (χ1v) is 7.29. The van der Waals surface area contributed by atoms with Crippen molar-refractivity contribution in [1.29, 1.82) is 0 Å². The summed E-state index contributed by atoms with van der Waals surface area (Å²) >= 11 is 0. The molecule has 0 radical (unpaired) electrons. The quantitative estimate of drug-likeness (QED) is 0.939. The monoisotopic (exact) mass is 284 g/mol. The molecule has 2 aromatic rings. The molecule has 1 aromatic carbocycles. The number of hydrogen-bond acceptors (Lipinski definition) is 3. The largest absolute Gasteiger partial charge is 0.375 e. The van der Waals surface area contributed by atoms with Gasteiger partial charge in [0.1, 0.15) is 5.82 Å². The Hall–Kier alpha value is -2.30. The molecule has 1 aliphatic rings. The van der Waals surface area contributed by atoms with Gasteiger partial charge < -0.3 is 14.8 Å². The van der Waals surface area contributed by atoms with E-state index in [1.54, 1.807) is 6.20 Å². The minimum atomic E-state index is 0.129. The maximum Gasteiger partial charge on any atom is 0.227 e. The highest BCUT2D eigenvalue weighted by atomic mass is 16.2. The van der Waals surface area contributed by atoms with E-state index in [4.69, 9.17) is 0 Å². The summed E-state index contributed by atoms with van der Waals surface area (Å²) in [5, 5.41) is 3.43. The normalized spacial score (nSPS) is 16.3. The Morgan fingerprint density at radius 2 is 2.05 bits per heavy atom. The maximum atomic E-state index is 11.7. The number of carbonyl (C=O) groups excluding carboxylic acids is 1.